The van der Waals surface area contributed by atoms with Gasteiger partial charge in [-0.05, 0) is 45.8 Å². The van der Waals surface area contributed by atoms with Gasteiger partial charge in [-0.2, -0.15) is 0 Å². The Balaban J connectivity index is 0.000000209. The molecule has 0 aliphatic heterocycles. The topological polar surface area (TPSA) is 56.0 Å². The number of thiazole rings is 1. The van der Waals surface area contributed by atoms with E-state index in [1.807, 2.05) is 52.0 Å². The fraction of sp³-hybridized carbons (Fsp3) is 0.424. The summed E-state index contributed by atoms with van der Waals surface area (Å²) in [5, 5.41) is 14.7. The second-order valence-corrected chi connectivity index (χ2v) is 15.9. The van der Waals surface area contributed by atoms with E-state index in [1.54, 1.807) is 11.3 Å². The average molecular weight is 631 g/mol. The zero-order valence-corrected chi connectivity index (χ0v) is 29.3. The minimum Gasteiger partial charge on any atom is -0.257 e. The van der Waals surface area contributed by atoms with Crippen LogP contribution in [0.1, 0.15) is 90.9 Å². The third-order valence-electron chi connectivity index (χ3n) is 5.70. The Morgan fingerprint density at radius 1 is 0.756 bits per heavy atom. The van der Waals surface area contributed by atoms with Crippen molar-refractivity contribution in [3.8, 4) is 0 Å². The molecular formula is C33H43ClN2O2S3. The Kier molecular flexibility index (Phi) is 12.1. The van der Waals surface area contributed by atoms with E-state index in [4.69, 9.17) is 11.6 Å². The maximum atomic E-state index is 10.3. The van der Waals surface area contributed by atoms with E-state index in [2.05, 4.69) is 95.1 Å². The molecule has 0 radical (unpaired) electrons. The summed E-state index contributed by atoms with van der Waals surface area (Å²) < 4.78 is 2.68. The van der Waals surface area contributed by atoms with E-state index in [9.17, 15) is 10.1 Å². The van der Waals surface area contributed by atoms with Crippen molar-refractivity contribution in [2.75, 3.05) is 0 Å². The van der Waals surface area contributed by atoms with Crippen LogP contribution in [-0.2, 0) is 16.2 Å². The normalized spacial score (nSPS) is 11.6. The molecule has 0 spiro atoms. The fourth-order valence-corrected chi connectivity index (χ4v) is 7.23. The molecule has 0 amide bonds. The smallest absolute Gasteiger partial charge is 0.257 e. The first-order chi connectivity index (χ1) is 19.0. The van der Waals surface area contributed by atoms with E-state index in [-0.39, 0.29) is 21.2 Å². The molecule has 5 rings (SSSR count). The van der Waals surface area contributed by atoms with Gasteiger partial charge in [0.2, 0.25) is 0 Å². The number of hydrogen-bond acceptors (Lipinski definition) is 6. The first kappa shape index (κ1) is 34.9. The Morgan fingerprint density at radius 3 is 1.76 bits per heavy atom. The van der Waals surface area contributed by atoms with Gasteiger partial charge in [-0.25, -0.2) is 4.98 Å². The van der Waals surface area contributed by atoms with Crippen molar-refractivity contribution in [1.29, 1.82) is 0 Å². The maximum Gasteiger partial charge on any atom is 0.343 e. The highest BCUT2D eigenvalue weighted by Gasteiger charge is 2.22. The summed E-state index contributed by atoms with van der Waals surface area (Å²) in [7, 11) is 0. The zero-order valence-electron chi connectivity index (χ0n) is 26.1. The lowest BCUT2D eigenvalue weighted by molar-refractivity contribution is -0.380. The van der Waals surface area contributed by atoms with Crippen LogP contribution < -0.4 is 0 Å². The summed E-state index contributed by atoms with van der Waals surface area (Å²) in [6, 6.07) is 19.2. The first-order valence-corrected chi connectivity index (χ1v) is 16.6. The number of hydrogen-bond donors (Lipinski definition) is 0. The Bertz CT molecular complexity index is 1530. The average Bonchev–Trinajstić information content (AvgIpc) is 3.63. The molecule has 0 N–H and O–H groups in total. The summed E-state index contributed by atoms with van der Waals surface area (Å²) in [5.41, 5.74) is 0.323. The zero-order chi connectivity index (χ0) is 31.2. The van der Waals surface area contributed by atoms with Crippen LogP contribution in [0.15, 0.2) is 60.8 Å². The Morgan fingerprint density at radius 2 is 1.32 bits per heavy atom. The van der Waals surface area contributed by atoms with Crippen LogP contribution in [0.2, 0.25) is 5.02 Å². The summed E-state index contributed by atoms with van der Waals surface area (Å²) in [6.45, 7) is 23.3. The highest BCUT2D eigenvalue weighted by molar-refractivity contribution is 7.20. The van der Waals surface area contributed by atoms with Crippen LogP contribution in [-0.4, -0.2) is 9.91 Å². The number of nitro groups is 1. The summed E-state index contributed by atoms with van der Waals surface area (Å²) in [6.07, 6.45) is 1.31. The van der Waals surface area contributed by atoms with Crippen molar-refractivity contribution in [2.45, 2.75) is 92.4 Å². The number of rotatable bonds is 1. The monoisotopic (exact) mass is 630 g/mol. The van der Waals surface area contributed by atoms with Crippen LogP contribution in [0.4, 0.5) is 5.00 Å². The fourth-order valence-electron chi connectivity index (χ4n) is 3.54. The minimum atomic E-state index is -0.410. The van der Waals surface area contributed by atoms with Crippen molar-refractivity contribution < 1.29 is 4.92 Å². The van der Waals surface area contributed by atoms with Gasteiger partial charge in [-0.15, -0.1) is 22.7 Å². The van der Waals surface area contributed by atoms with Gasteiger partial charge in [0.25, 0.3) is 0 Å². The lowest BCUT2D eigenvalue weighted by Gasteiger charge is -2.16. The molecule has 4 nitrogen and oxygen atoms in total. The third kappa shape index (κ3) is 9.60. The number of aromatic nitrogens is 1. The van der Waals surface area contributed by atoms with E-state index in [1.165, 1.54) is 36.1 Å². The lowest BCUT2D eigenvalue weighted by atomic mass is 9.94. The molecule has 0 atom stereocenters. The van der Waals surface area contributed by atoms with Crippen LogP contribution in [0.5, 0.6) is 0 Å². The number of halogens is 1. The molecule has 0 aliphatic rings. The molecule has 0 saturated heterocycles. The van der Waals surface area contributed by atoms with Crippen molar-refractivity contribution in [3.63, 3.8) is 0 Å². The van der Waals surface area contributed by atoms with E-state index >= 15 is 0 Å². The second kappa shape index (κ2) is 14.2. The summed E-state index contributed by atoms with van der Waals surface area (Å²) >= 11 is 11.2. The lowest BCUT2D eigenvalue weighted by Crippen LogP contribution is -2.09. The van der Waals surface area contributed by atoms with E-state index < -0.39 is 4.92 Å². The van der Waals surface area contributed by atoms with Gasteiger partial charge < -0.3 is 0 Å². The molecule has 2 aromatic carbocycles. The van der Waals surface area contributed by atoms with Crippen molar-refractivity contribution >= 4 is 70.8 Å². The van der Waals surface area contributed by atoms with Gasteiger partial charge in [-0.1, -0.05) is 124 Å². The summed E-state index contributed by atoms with van der Waals surface area (Å²) in [4.78, 5) is 16.6. The standard InChI is InChI=1S/C12H13ClS.C12H14S.C7H10N2O2S.C2H6/c1-12(2,3)11-10(13)8-6-4-5-7-9(8)14-11;1-12(2,3)11-8-9-6-4-5-7-10(9)13-11;1-7(2,3)6-8-4-5(12-6)9(10)11;1-2/h4-7H,1-3H3;4-8H,1-3H3;4H,1-3H3;1-2H3. The summed E-state index contributed by atoms with van der Waals surface area (Å²) in [5.74, 6) is 0. The van der Waals surface area contributed by atoms with Gasteiger partial charge in [-0.3, -0.25) is 10.1 Å². The largest absolute Gasteiger partial charge is 0.343 e. The van der Waals surface area contributed by atoms with Crippen LogP contribution in [0.25, 0.3) is 20.2 Å². The first-order valence-electron chi connectivity index (χ1n) is 13.8. The van der Waals surface area contributed by atoms with E-state index in [0.29, 0.717) is 0 Å². The van der Waals surface area contributed by atoms with Crippen LogP contribution in [0.3, 0.4) is 0 Å². The van der Waals surface area contributed by atoms with Gasteiger partial charge in [0, 0.05) is 30.0 Å². The molecule has 0 unspecified atom stereocenters. The number of fused-ring (bicyclic) bond motifs is 2. The van der Waals surface area contributed by atoms with Gasteiger partial charge >= 0.3 is 5.00 Å². The molecule has 3 heterocycles. The van der Waals surface area contributed by atoms with Gasteiger partial charge in [0.05, 0.1) is 9.95 Å². The number of benzene rings is 2. The van der Waals surface area contributed by atoms with Gasteiger partial charge in [0.15, 0.2) is 0 Å². The highest BCUT2D eigenvalue weighted by Crippen LogP contribution is 2.41. The predicted octanol–water partition coefficient (Wildman–Crippen LogP) is 12.4. The predicted molar refractivity (Wildman–Crippen MR) is 185 cm³/mol. The SMILES string of the molecule is CC.CC(C)(C)c1cc2ccccc2s1.CC(C)(C)c1ncc([N+](=O)[O-])s1.CC(C)(C)c1sc2ccccc2c1Cl. The van der Waals surface area contributed by atoms with Crippen LogP contribution in [0, 0.1) is 10.1 Å². The quantitative estimate of drug-likeness (QED) is 0.137. The molecule has 0 bridgehead atoms. The number of nitrogens with zero attached hydrogens (tertiary/aromatic N) is 2. The molecule has 0 fully saturated rings. The van der Waals surface area contributed by atoms with E-state index in [0.717, 1.165) is 21.4 Å². The highest BCUT2D eigenvalue weighted by atomic mass is 35.5. The van der Waals surface area contributed by atoms with Crippen LogP contribution >= 0.6 is 45.6 Å². The Labute approximate surface area is 262 Å². The molecule has 8 heteroatoms. The molecular weight excluding hydrogens is 588 g/mol. The Hall–Kier alpha value is -2.32. The molecule has 41 heavy (non-hydrogen) atoms. The minimum absolute atomic E-state index is 0.0983. The van der Waals surface area contributed by atoms with Crippen molar-refractivity contribution in [3.05, 3.63) is 90.7 Å². The molecule has 5 aromatic rings. The third-order valence-corrected chi connectivity index (χ3v) is 10.7. The molecule has 3 aromatic heterocycles. The number of thiophene rings is 2. The molecule has 222 valence electrons. The molecule has 0 aliphatic carbocycles. The maximum absolute atomic E-state index is 10.3. The molecule has 0 saturated carbocycles. The van der Waals surface area contributed by atoms with Crippen molar-refractivity contribution in [2.24, 2.45) is 0 Å². The van der Waals surface area contributed by atoms with Gasteiger partial charge in [0.1, 0.15) is 11.2 Å². The second-order valence-electron chi connectivity index (χ2n) is 12.4. The van der Waals surface area contributed by atoms with Crippen molar-refractivity contribution in [1.82, 2.24) is 4.98 Å².